The van der Waals surface area contributed by atoms with Crippen LogP contribution in [-0.2, 0) is 11.4 Å². The van der Waals surface area contributed by atoms with Crippen LogP contribution in [0.5, 0.6) is 11.5 Å². The maximum absolute atomic E-state index is 12.2. The Morgan fingerprint density at radius 3 is 2.48 bits per heavy atom. The Kier molecular flexibility index (Phi) is 7.55. The third-order valence-corrected chi connectivity index (χ3v) is 5.04. The van der Waals surface area contributed by atoms with Crippen molar-refractivity contribution < 1.29 is 18.8 Å². The van der Waals surface area contributed by atoms with Crippen LogP contribution in [0.2, 0.25) is 10.0 Å². The zero-order chi connectivity index (χ0) is 22.4. The van der Waals surface area contributed by atoms with Crippen molar-refractivity contribution in [1.29, 1.82) is 0 Å². The van der Waals surface area contributed by atoms with Crippen LogP contribution in [0, 0.1) is 6.92 Å². The van der Waals surface area contributed by atoms with E-state index in [1.54, 1.807) is 56.3 Å². The number of carbonyl (C=O) groups is 1. The molecule has 0 atom stereocenters. The average Bonchev–Trinajstić information content (AvgIpc) is 3.22. The molecule has 0 unspecified atom stereocenters. The van der Waals surface area contributed by atoms with Gasteiger partial charge in [0.05, 0.1) is 0 Å². The number of hydrogen-bond donors (Lipinski definition) is 1. The summed E-state index contributed by atoms with van der Waals surface area (Å²) in [5.74, 6) is 1.57. The number of nitrogens with zero attached hydrogens (tertiary/aromatic N) is 2. The number of aromatic nitrogens is 2. The first-order chi connectivity index (χ1) is 14.8. The number of rotatable bonds is 8. The highest BCUT2D eigenvalue weighted by molar-refractivity contribution is 6.31. The number of halogens is 2. The van der Waals surface area contributed by atoms with E-state index >= 15 is 0 Å². The zero-order valence-corrected chi connectivity index (χ0v) is 18.8. The highest BCUT2D eigenvalue weighted by atomic mass is 35.5. The number of hydrogen-bond acceptors (Lipinski definition) is 6. The standard InChI is InChI=1S/C22H21Cl2N3O4/c1-13-10-18(8-9-19(13)24)30-12-21(28)25-15(3)14(2)22-26-20(27-31-22)11-29-17-6-4-16(23)5-7-17/h4-10H,11-12H2,1-3H3,(H,25,28)/b15-14-. The number of ether oxygens (including phenoxy) is 2. The molecule has 1 amide bonds. The van der Waals surface area contributed by atoms with E-state index < -0.39 is 0 Å². The van der Waals surface area contributed by atoms with Gasteiger partial charge < -0.3 is 19.3 Å². The van der Waals surface area contributed by atoms with Crippen LogP contribution >= 0.6 is 23.2 Å². The molecule has 0 radical (unpaired) electrons. The van der Waals surface area contributed by atoms with Crippen LogP contribution in [0.4, 0.5) is 0 Å². The second-order valence-electron chi connectivity index (χ2n) is 6.76. The van der Waals surface area contributed by atoms with E-state index in [1.807, 2.05) is 6.92 Å². The topological polar surface area (TPSA) is 86.5 Å². The fraction of sp³-hybridized carbons (Fsp3) is 0.227. The molecule has 1 N–H and O–H groups in total. The maximum atomic E-state index is 12.2. The quantitative estimate of drug-likeness (QED) is 0.495. The van der Waals surface area contributed by atoms with Gasteiger partial charge >= 0.3 is 0 Å². The highest BCUT2D eigenvalue weighted by Crippen LogP contribution is 2.21. The maximum Gasteiger partial charge on any atom is 0.262 e. The summed E-state index contributed by atoms with van der Waals surface area (Å²) >= 11 is 11.8. The first-order valence-electron chi connectivity index (χ1n) is 9.39. The van der Waals surface area contributed by atoms with Gasteiger partial charge in [0.2, 0.25) is 5.82 Å². The summed E-state index contributed by atoms with van der Waals surface area (Å²) in [6.45, 7) is 5.38. The van der Waals surface area contributed by atoms with Crippen molar-refractivity contribution in [3.05, 3.63) is 75.5 Å². The minimum absolute atomic E-state index is 0.137. The Morgan fingerprint density at radius 2 is 1.77 bits per heavy atom. The van der Waals surface area contributed by atoms with Crippen molar-refractivity contribution in [2.24, 2.45) is 0 Å². The lowest BCUT2D eigenvalue weighted by atomic mass is 10.2. The summed E-state index contributed by atoms with van der Waals surface area (Å²) in [6.07, 6.45) is 0. The van der Waals surface area contributed by atoms with Crippen LogP contribution < -0.4 is 14.8 Å². The number of carbonyl (C=O) groups excluding carboxylic acids is 1. The molecule has 0 aliphatic rings. The van der Waals surface area contributed by atoms with Crippen LogP contribution in [0.1, 0.15) is 31.1 Å². The summed E-state index contributed by atoms with van der Waals surface area (Å²) in [5.41, 5.74) is 2.09. The molecule has 7 nitrogen and oxygen atoms in total. The third kappa shape index (κ3) is 6.47. The molecule has 9 heteroatoms. The van der Waals surface area contributed by atoms with E-state index in [1.165, 1.54) is 0 Å². The fourth-order valence-corrected chi connectivity index (χ4v) is 2.74. The van der Waals surface area contributed by atoms with Gasteiger partial charge in [0.15, 0.2) is 13.2 Å². The molecule has 1 aromatic heterocycles. The fourth-order valence-electron chi connectivity index (χ4n) is 2.50. The van der Waals surface area contributed by atoms with E-state index in [-0.39, 0.29) is 19.1 Å². The molecule has 0 spiro atoms. The Morgan fingerprint density at radius 1 is 1.06 bits per heavy atom. The Hall–Kier alpha value is -3.03. The number of aryl methyl sites for hydroxylation is 1. The molecule has 162 valence electrons. The van der Waals surface area contributed by atoms with Crippen LogP contribution in [-0.4, -0.2) is 22.7 Å². The van der Waals surface area contributed by atoms with Crippen LogP contribution in [0.25, 0.3) is 5.57 Å². The monoisotopic (exact) mass is 461 g/mol. The van der Waals surface area contributed by atoms with Gasteiger partial charge in [-0.15, -0.1) is 0 Å². The minimum Gasteiger partial charge on any atom is -0.485 e. The highest BCUT2D eigenvalue weighted by Gasteiger charge is 2.13. The molecule has 0 aliphatic heterocycles. The van der Waals surface area contributed by atoms with E-state index in [0.717, 1.165) is 5.56 Å². The van der Waals surface area contributed by atoms with Crippen molar-refractivity contribution in [2.75, 3.05) is 6.61 Å². The van der Waals surface area contributed by atoms with Gasteiger partial charge in [0.25, 0.3) is 11.8 Å². The molecule has 3 aromatic rings. The van der Waals surface area contributed by atoms with Crippen molar-refractivity contribution in [1.82, 2.24) is 15.5 Å². The lowest BCUT2D eigenvalue weighted by Gasteiger charge is -2.10. The molecular formula is C22H21Cl2N3O4. The van der Waals surface area contributed by atoms with Crippen molar-refractivity contribution in [3.8, 4) is 11.5 Å². The van der Waals surface area contributed by atoms with Gasteiger partial charge in [0.1, 0.15) is 11.5 Å². The summed E-state index contributed by atoms with van der Waals surface area (Å²) in [4.78, 5) is 16.5. The Balaban J connectivity index is 1.54. The molecule has 1 heterocycles. The predicted molar refractivity (Wildman–Crippen MR) is 118 cm³/mol. The van der Waals surface area contributed by atoms with Crippen molar-refractivity contribution in [2.45, 2.75) is 27.4 Å². The van der Waals surface area contributed by atoms with Gasteiger partial charge in [-0.25, -0.2) is 0 Å². The summed E-state index contributed by atoms with van der Waals surface area (Å²) in [6, 6.07) is 12.2. The third-order valence-electron chi connectivity index (χ3n) is 4.36. The predicted octanol–water partition coefficient (Wildman–Crippen LogP) is 5.21. The molecule has 0 bridgehead atoms. The number of allylic oxidation sites excluding steroid dienone is 2. The second kappa shape index (κ2) is 10.3. The van der Waals surface area contributed by atoms with Gasteiger partial charge in [-0.1, -0.05) is 28.4 Å². The van der Waals surface area contributed by atoms with Crippen molar-refractivity contribution >= 4 is 34.7 Å². The zero-order valence-electron chi connectivity index (χ0n) is 17.2. The molecule has 2 aromatic carbocycles. The second-order valence-corrected chi connectivity index (χ2v) is 7.60. The first-order valence-corrected chi connectivity index (χ1v) is 10.1. The van der Waals surface area contributed by atoms with Gasteiger partial charge in [-0.3, -0.25) is 4.79 Å². The summed E-state index contributed by atoms with van der Waals surface area (Å²) in [7, 11) is 0. The number of nitrogens with one attached hydrogen (secondary N) is 1. The lowest BCUT2D eigenvalue weighted by molar-refractivity contribution is -0.122. The number of benzene rings is 2. The smallest absolute Gasteiger partial charge is 0.262 e. The van der Waals surface area contributed by atoms with Crippen molar-refractivity contribution in [3.63, 3.8) is 0 Å². The van der Waals surface area contributed by atoms with Crippen LogP contribution in [0.15, 0.2) is 52.7 Å². The SMILES string of the molecule is C/C(NC(=O)COc1ccc(Cl)c(C)c1)=C(\C)c1nc(COc2ccc(Cl)cc2)no1. The normalized spacial score (nSPS) is 11.6. The molecule has 0 saturated heterocycles. The lowest BCUT2D eigenvalue weighted by Crippen LogP contribution is -2.28. The number of amides is 1. The van der Waals surface area contributed by atoms with Gasteiger partial charge in [0, 0.05) is 21.3 Å². The van der Waals surface area contributed by atoms with E-state index in [2.05, 4.69) is 15.5 Å². The van der Waals surface area contributed by atoms with Crippen LogP contribution in [0.3, 0.4) is 0 Å². The molecule has 0 saturated carbocycles. The van der Waals surface area contributed by atoms with E-state index in [4.69, 9.17) is 37.2 Å². The molecule has 31 heavy (non-hydrogen) atoms. The molecular weight excluding hydrogens is 441 g/mol. The molecule has 0 fully saturated rings. The summed E-state index contributed by atoms with van der Waals surface area (Å²) < 4.78 is 16.4. The minimum atomic E-state index is -0.310. The van der Waals surface area contributed by atoms with E-state index in [9.17, 15) is 4.79 Å². The Labute approximate surface area is 190 Å². The van der Waals surface area contributed by atoms with E-state index in [0.29, 0.717) is 44.5 Å². The van der Waals surface area contributed by atoms with Gasteiger partial charge in [-0.2, -0.15) is 4.98 Å². The van der Waals surface area contributed by atoms with Gasteiger partial charge in [-0.05, 0) is 68.8 Å². The summed E-state index contributed by atoms with van der Waals surface area (Å²) in [5, 5.41) is 7.94. The molecule has 3 rings (SSSR count). The Bertz CT molecular complexity index is 1090. The largest absolute Gasteiger partial charge is 0.485 e. The molecule has 0 aliphatic carbocycles. The first kappa shape index (κ1) is 22.7. The average molecular weight is 462 g/mol.